The van der Waals surface area contributed by atoms with Crippen LogP contribution in [0.5, 0.6) is 0 Å². The fraction of sp³-hybridized carbons (Fsp3) is 0.500. The van der Waals surface area contributed by atoms with Crippen molar-refractivity contribution in [3.63, 3.8) is 0 Å². The van der Waals surface area contributed by atoms with Crippen LogP contribution in [0.1, 0.15) is 0 Å². The second-order valence-electron chi connectivity index (χ2n) is 4.50. The second kappa shape index (κ2) is 5.79. The molecule has 6 heteroatoms. The zero-order chi connectivity index (χ0) is 13.0. The van der Waals surface area contributed by atoms with E-state index in [-0.39, 0.29) is 6.04 Å². The summed E-state index contributed by atoms with van der Waals surface area (Å²) in [6.07, 6.45) is 0. The highest BCUT2D eigenvalue weighted by atomic mass is 32.2. The summed E-state index contributed by atoms with van der Waals surface area (Å²) in [5.41, 5.74) is 0. The van der Waals surface area contributed by atoms with Gasteiger partial charge in [-0.05, 0) is 19.2 Å². The van der Waals surface area contributed by atoms with Gasteiger partial charge in [-0.3, -0.25) is 4.90 Å². The van der Waals surface area contributed by atoms with Crippen molar-refractivity contribution in [2.75, 3.05) is 33.2 Å². The molecule has 18 heavy (non-hydrogen) atoms. The maximum absolute atomic E-state index is 12.0. The van der Waals surface area contributed by atoms with Crippen molar-refractivity contribution in [3.8, 4) is 0 Å². The Morgan fingerprint density at radius 1 is 1.39 bits per heavy atom. The fourth-order valence-electron chi connectivity index (χ4n) is 1.98. The molecule has 1 aromatic carbocycles. The maximum Gasteiger partial charge on any atom is 0.240 e. The molecule has 0 spiro atoms. The summed E-state index contributed by atoms with van der Waals surface area (Å²) >= 11 is 0. The molecule has 1 unspecified atom stereocenters. The Morgan fingerprint density at radius 2 is 2.11 bits per heavy atom. The van der Waals surface area contributed by atoms with Gasteiger partial charge in [-0.25, -0.2) is 13.1 Å². The van der Waals surface area contributed by atoms with Gasteiger partial charge in [0, 0.05) is 32.2 Å². The van der Waals surface area contributed by atoms with Gasteiger partial charge in [-0.1, -0.05) is 18.2 Å². The molecule has 100 valence electrons. The minimum atomic E-state index is -3.39. The largest absolute Gasteiger partial charge is 0.314 e. The minimum Gasteiger partial charge on any atom is -0.314 e. The van der Waals surface area contributed by atoms with Crippen LogP contribution in [0.3, 0.4) is 0 Å². The van der Waals surface area contributed by atoms with E-state index >= 15 is 0 Å². The normalized spacial score (nSPS) is 21.9. The average Bonchev–Trinajstić information content (AvgIpc) is 2.39. The van der Waals surface area contributed by atoms with Gasteiger partial charge in [0.1, 0.15) is 0 Å². The zero-order valence-corrected chi connectivity index (χ0v) is 11.3. The highest BCUT2D eigenvalue weighted by Crippen LogP contribution is 2.07. The molecule has 1 saturated heterocycles. The molecular weight excluding hydrogens is 250 g/mol. The summed E-state index contributed by atoms with van der Waals surface area (Å²) in [5, 5.41) is 3.26. The van der Waals surface area contributed by atoms with Gasteiger partial charge in [0.05, 0.1) is 4.90 Å². The van der Waals surface area contributed by atoms with Crippen LogP contribution in [-0.2, 0) is 10.0 Å². The van der Waals surface area contributed by atoms with Crippen molar-refractivity contribution in [1.29, 1.82) is 0 Å². The summed E-state index contributed by atoms with van der Waals surface area (Å²) in [6.45, 7) is 3.14. The molecule has 2 N–H and O–H groups in total. The zero-order valence-electron chi connectivity index (χ0n) is 10.5. The third-order valence-electron chi connectivity index (χ3n) is 3.21. The van der Waals surface area contributed by atoms with E-state index in [1.54, 1.807) is 30.3 Å². The molecule has 0 amide bonds. The quantitative estimate of drug-likeness (QED) is 0.799. The van der Waals surface area contributed by atoms with E-state index in [4.69, 9.17) is 0 Å². The number of sulfonamides is 1. The van der Waals surface area contributed by atoms with E-state index in [1.807, 2.05) is 7.05 Å². The maximum atomic E-state index is 12.0. The number of nitrogens with zero attached hydrogens (tertiary/aromatic N) is 1. The van der Waals surface area contributed by atoms with Crippen LogP contribution in [0.4, 0.5) is 0 Å². The van der Waals surface area contributed by atoms with E-state index in [0.29, 0.717) is 11.4 Å². The first kappa shape index (κ1) is 13.5. The van der Waals surface area contributed by atoms with Crippen LogP contribution in [-0.4, -0.2) is 52.6 Å². The van der Waals surface area contributed by atoms with Crippen LogP contribution >= 0.6 is 0 Å². The monoisotopic (exact) mass is 269 g/mol. The third-order valence-corrected chi connectivity index (χ3v) is 4.65. The van der Waals surface area contributed by atoms with Crippen LogP contribution in [0.15, 0.2) is 35.2 Å². The molecule has 1 fully saturated rings. The Kier molecular flexibility index (Phi) is 4.34. The van der Waals surface area contributed by atoms with Crippen molar-refractivity contribution in [1.82, 2.24) is 14.9 Å². The third kappa shape index (κ3) is 3.29. The van der Waals surface area contributed by atoms with Crippen LogP contribution < -0.4 is 10.0 Å². The number of hydrogen-bond acceptors (Lipinski definition) is 4. The fourth-order valence-corrected chi connectivity index (χ4v) is 3.07. The first-order valence-corrected chi connectivity index (χ1v) is 7.53. The second-order valence-corrected chi connectivity index (χ2v) is 6.27. The summed E-state index contributed by atoms with van der Waals surface area (Å²) in [4.78, 5) is 2.49. The Hall–Kier alpha value is -0.950. The highest BCUT2D eigenvalue weighted by molar-refractivity contribution is 7.89. The first-order chi connectivity index (χ1) is 8.59. The summed E-state index contributed by atoms with van der Waals surface area (Å²) in [5.74, 6) is 0. The minimum absolute atomic E-state index is 0.206. The van der Waals surface area contributed by atoms with Crippen molar-refractivity contribution in [2.45, 2.75) is 10.9 Å². The van der Waals surface area contributed by atoms with E-state index < -0.39 is 10.0 Å². The van der Waals surface area contributed by atoms with Crippen LogP contribution in [0.2, 0.25) is 0 Å². The lowest BCUT2D eigenvalue weighted by Gasteiger charge is -2.33. The lowest BCUT2D eigenvalue weighted by atomic mass is 10.2. The van der Waals surface area contributed by atoms with Crippen molar-refractivity contribution >= 4 is 10.0 Å². The molecule has 2 rings (SSSR count). The van der Waals surface area contributed by atoms with Gasteiger partial charge < -0.3 is 5.32 Å². The number of benzene rings is 1. The van der Waals surface area contributed by atoms with Gasteiger partial charge in [-0.2, -0.15) is 0 Å². The van der Waals surface area contributed by atoms with E-state index in [0.717, 1.165) is 19.6 Å². The van der Waals surface area contributed by atoms with Gasteiger partial charge in [-0.15, -0.1) is 0 Å². The number of likely N-dealkylation sites (N-methyl/N-ethyl adjacent to an activating group) is 1. The molecule has 0 bridgehead atoms. The summed E-state index contributed by atoms with van der Waals surface area (Å²) in [6, 6.07) is 8.66. The van der Waals surface area contributed by atoms with E-state index in [9.17, 15) is 8.42 Å². The summed E-state index contributed by atoms with van der Waals surface area (Å²) in [7, 11) is -1.37. The predicted molar refractivity (Wildman–Crippen MR) is 70.9 cm³/mol. The predicted octanol–water partition coefficient (Wildman–Crippen LogP) is -0.131. The van der Waals surface area contributed by atoms with Crippen LogP contribution in [0.25, 0.3) is 0 Å². The van der Waals surface area contributed by atoms with Crippen molar-refractivity contribution in [2.24, 2.45) is 0 Å². The van der Waals surface area contributed by atoms with E-state index in [1.165, 1.54) is 0 Å². The Balaban J connectivity index is 1.97. The Labute approximate surface area is 108 Å². The smallest absolute Gasteiger partial charge is 0.240 e. The van der Waals surface area contributed by atoms with Crippen molar-refractivity contribution < 1.29 is 8.42 Å². The molecule has 0 radical (unpaired) electrons. The first-order valence-electron chi connectivity index (χ1n) is 6.05. The molecule has 1 aliphatic rings. The lowest BCUT2D eigenvalue weighted by molar-refractivity contribution is 0.201. The van der Waals surface area contributed by atoms with E-state index in [2.05, 4.69) is 14.9 Å². The SMILES string of the molecule is CN1CCNCC1CNS(=O)(=O)c1ccccc1. The number of piperazine rings is 1. The average molecular weight is 269 g/mol. The molecule has 1 aliphatic heterocycles. The lowest BCUT2D eigenvalue weighted by Crippen LogP contribution is -2.53. The molecule has 0 aromatic heterocycles. The highest BCUT2D eigenvalue weighted by Gasteiger charge is 2.21. The standard InChI is InChI=1S/C12H19N3O2S/c1-15-8-7-13-9-11(15)10-14-18(16,17)12-5-3-2-4-6-12/h2-6,11,13-14H,7-10H2,1H3. The molecule has 1 atom stereocenters. The van der Waals surface area contributed by atoms with Gasteiger partial charge in [0.25, 0.3) is 0 Å². The molecule has 0 aliphatic carbocycles. The number of hydrogen-bond donors (Lipinski definition) is 2. The number of rotatable bonds is 4. The Bertz CT molecular complexity index is 475. The Morgan fingerprint density at radius 3 is 2.78 bits per heavy atom. The van der Waals surface area contributed by atoms with Gasteiger partial charge >= 0.3 is 0 Å². The van der Waals surface area contributed by atoms with Gasteiger partial charge in [0.15, 0.2) is 0 Å². The summed E-state index contributed by atoms with van der Waals surface area (Å²) < 4.78 is 26.7. The molecule has 0 saturated carbocycles. The molecule has 1 aromatic rings. The van der Waals surface area contributed by atoms with Crippen LogP contribution in [0, 0.1) is 0 Å². The molecular formula is C12H19N3O2S. The van der Waals surface area contributed by atoms with Crippen molar-refractivity contribution in [3.05, 3.63) is 30.3 Å². The number of nitrogens with one attached hydrogen (secondary N) is 2. The van der Waals surface area contributed by atoms with Gasteiger partial charge in [0.2, 0.25) is 10.0 Å². The molecule has 5 nitrogen and oxygen atoms in total. The topological polar surface area (TPSA) is 61.4 Å². The molecule has 1 heterocycles.